The van der Waals surface area contributed by atoms with Crippen molar-refractivity contribution in [1.29, 1.82) is 0 Å². The molecule has 0 saturated carbocycles. The van der Waals surface area contributed by atoms with Gasteiger partial charge in [0.1, 0.15) is 5.82 Å². The van der Waals surface area contributed by atoms with Crippen molar-refractivity contribution in [2.45, 2.75) is 25.1 Å². The standard InChI is InChI=1S/C12H9F4NO2/c13-6-1-2-7-8(5-6)9(3-4-10(7)18)17-11(19)12(14,15)16/h1-2,5,9H,3-4H2,(H,17,19)/t9-/m1/s1. The summed E-state index contributed by atoms with van der Waals surface area (Å²) in [5.74, 6) is -3.03. The number of hydrogen-bond acceptors (Lipinski definition) is 2. The fraction of sp³-hybridized carbons (Fsp3) is 0.333. The van der Waals surface area contributed by atoms with Gasteiger partial charge in [0.2, 0.25) is 0 Å². The van der Waals surface area contributed by atoms with E-state index in [2.05, 4.69) is 0 Å². The fourth-order valence-electron chi connectivity index (χ4n) is 2.03. The summed E-state index contributed by atoms with van der Waals surface area (Å²) in [6.07, 6.45) is -4.96. The molecule has 1 amide bonds. The minimum absolute atomic E-state index is 0.0153. The van der Waals surface area contributed by atoms with Crippen LogP contribution < -0.4 is 5.32 Å². The molecule has 2 rings (SSSR count). The zero-order valence-corrected chi connectivity index (χ0v) is 9.55. The van der Waals surface area contributed by atoms with Crippen LogP contribution in [0.4, 0.5) is 17.6 Å². The van der Waals surface area contributed by atoms with Gasteiger partial charge >= 0.3 is 12.1 Å². The van der Waals surface area contributed by atoms with Crippen molar-refractivity contribution in [2.75, 3.05) is 0 Å². The maximum Gasteiger partial charge on any atom is 0.471 e. The van der Waals surface area contributed by atoms with Crippen LogP contribution in [0, 0.1) is 5.82 Å². The van der Waals surface area contributed by atoms with E-state index in [-0.39, 0.29) is 29.8 Å². The molecule has 0 heterocycles. The van der Waals surface area contributed by atoms with E-state index in [0.717, 1.165) is 12.1 Å². The lowest BCUT2D eigenvalue weighted by Gasteiger charge is -2.25. The quantitative estimate of drug-likeness (QED) is 0.800. The predicted molar refractivity (Wildman–Crippen MR) is 56.9 cm³/mol. The Balaban J connectivity index is 2.31. The number of carbonyl (C=O) groups excluding carboxylic acids is 2. The van der Waals surface area contributed by atoms with Crippen LogP contribution in [0.2, 0.25) is 0 Å². The van der Waals surface area contributed by atoms with Crippen molar-refractivity contribution in [1.82, 2.24) is 5.32 Å². The molecule has 1 aromatic rings. The number of Topliss-reactive ketones (excluding diaryl/α,β-unsaturated/α-hetero) is 1. The van der Waals surface area contributed by atoms with Gasteiger partial charge in [-0.25, -0.2) is 4.39 Å². The molecule has 0 saturated heterocycles. The van der Waals surface area contributed by atoms with Crippen molar-refractivity contribution in [3.63, 3.8) is 0 Å². The smallest absolute Gasteiger partial charge is 0.341 e. The number of ketones is 1. The number of hydrogen-bond donors (Lipinski definition) is 1. The first-order valence-corrected chi connectivity index (χ1v) is 5.49. The minimum atomic E-state index is -5.01. The molecule has 19 heavy (non-hydrogen) atoms. The van der Waals surface area contributed by atoms with E-state index in [1.165, 1.54) is 6.07 Å². The summed E-state index contributed by atoms with van der Waals surface area (Å²) in [6.45, 7) is 0. The van der Waals surface area contributed by atoms with E-state index in [4.69, 9.17) is 0 Å². The SMILES string of the molecule is O=C1CC[C@@H](NC(=O)C(F)(F)F)c2cc(F)ccc21. The summed E-state index contributed by atoms with van der Waals surface area (Å²) < 4.78 is 49.7. The monoisotopic (exact) mass is 275 g/mol. The van der Waals surface area contributed by atoms with Gasteiger partial charge in [0.15, 0.2) is 5.78 Å². The number of halogens is 4. The lowest BCUT2D eigenvalue weighted by atomic mass is 9.86. The van der Waals surface area contributed by atoms with Crippen LogP contribution in [-0.4, -0.2) is 17.9 Å². The zero-order chi connectivity index (χ0) is 14.2. The van der Waals surface area contributed by atoms with Crippen molar-refractivity contribution >= 4 is 11.7 Å². The molecule has 0 fully saturated rings. The molecular weight excluding hydrogens is 266 g/mol. The lowest BCUT2D eigenvalue weighted by molar-refractivity contribution is -0.174. The highest BCUT2D eigenvalue weighted by Gasteiger charge is 2.41. The summed E-state index contributed by atoms with van der Waals surface area (Å²) in [5.41, 5.74) is 0.244. The highest BCUT2D eigenvalue weighted by molar-refractivity contribution is 5.99. The lowest BCUT2D eigenvalue weighted by Crippen LogP contribution is -2.40. The number of nitrogens with one attached hydrogen (secondary N) is 1. The molecule has 0 radical (unpaired) electrons. The Kier molecular flexibility index (Phi) is 3.30. The molecule has 1 aliphatic carbocycles. The summed E-state index contributed by atoms with van der Waals surface area (Å²) in [4.78, 5) is 22.5. The second-order valence-corrected chi connectivity index (χ2v) is 4.22. The summed E-state index contributed by atoms with van der Waals surface area (Å²) >= 11 is 0. The third-order valence-corrected chi connectivity index (χ3v) is 2.91. The number of benzene rings is 1. The molecule has 1 aliphatic rings. The predicted octanol–water partition coefficient (Wildman–Crippen LogP) is 2.52. The third kappa shape index (κ3) is 2.74. The Labute approximate surface area is 105 Å². The number of rotatable bonds is 1. The van der Waals surface area contributed by atoms with Gasteiger partial charge in [-0.05, 0) is 30.2 Å². The molecule has 0 unspecified atom stereocenters. The zero-order valence-electron chi connectivity index (χ0n) is 9.55. The first-order valence-electron chi connectivity index (χ1n) is 5.49. The average Bonchev–Trinajstić information content (AvgIpc) is 2.31. The molecular formula is C12H9F4NO2. The third-order valence-electron chi connectivity index (χ3n) is 2.91. The second kappa shape index (κ2) is 4.64. The molecule has 3 nitrogen and oxygen atoms in total. The molecule has 0 aliphatic heterocycles. The number of alkyl halides is 3. The van der Waals surface area contributed by atoms with Crippen LogP contribution in [0.5, 0.6) is 0 Å². The van der Waals surface area contributed by atoms with Crippen molar-refractivity contribution in [3.8, 4) is 0 Å². The van der Waals surface area contributed by atoms with Crippen molar-refractivity contribution < 1.29 is 27.2 Å². The van der Waals surface area contributed by atoms with E-state index in [1.807, 2.05) is 0 Å². The van der Waals surface area contributed by atoms with Crippen molar-refractivity contribution in [2.24, 2.45) is 0 Å². The van der Waals surface area contributed by atoms with Gasteiger partial charge in [0.05, 0.1) is 6.04 Å². The maximum absolute atomic E-state index is 13.1. The molecule has 0 aromatic heterocycles. The average molecular weight is 275 g/mol. The van der Waals surface area contributed by atoms with E-state index >= 15 is 0 Å². The van der Waals surface area contributed by atoms with E-state index < -0.39 is 23.9 Å². The fourth-order valence-corrected chi connectivity index (χ4v) is 2.03. The normalized spacial score (nSPS) is 18.9. The van der Waals surface area contributed by atoms with Crippen LogP contribution in [0.1, 0.15) is 34.8 Å². The van der Waals surface area contributed by atoms with Gasteiger partial charge in [-0.15, -0.1) is 0 Å². The first kappa shape index (κ1) is 13.5. The summed E-state index contributed by atoms with van der Waals surface area (Å²) in [6, 6.07) is 2.26. The van der Waals surface area contributed by atoms with Crippen molar-refractivity contribution in [3.05, 3.63) is 35.1 Å². The molecule has 0 bridgehead atoms. The van der Waals surface area contributed by atoms with Gasteiger partial charge < -0.3 is 5.32 Å². The molecule has 7 heteroatoms. The molecule has 1 N–H and O–H groups in total. The van der Waals surface area contributed by atoms with Crippen LogP contribution in [0.3, 0.4) is 0 Å². The Hall–Kier alpha value is -1.92. The molecule has 1 aromatic carbocycles. The molecule has 0 spiro atoms. The van der Waals surface area contributed by atoms with Gasteiger partial charge in [0.25, 0.3) is 0 Å². The van der Waals surface area contributed by atoms with Crippen LogP contribution in [0.25, 0.3) is 0 Å². The summed E-state index contributed by atoms with van der Waals surface area (Å²) in [5, 5.41) is 1.78. The summed E-state index contributed by atoms with van der Waals surface area (Å²) in [7, 11) is 0. The minimum Gasteiger partial charge on any atom is -0.341 e. The van der Waals surface area contributed by atoms with Gasteiger partial charge in [-0.2, -0.15) is 13.2 Å². The van der Waals surface area contributed by atoms with Crippen LogP contribution in [0.15, 0.2) is 18.2 Å². The van der Waals surface area contributed by atoms with Gasteiger partial charge in [-0.3, -0.25) is 9.59 Å². The van der Waals surface area contributed by atoms with Crippen LogP contribution in [-0.2, 0) is 4.79 Å². The Morgan fingerprint density at radius 3 is 2.63 bits per heavy atom. The number of fused-ring (bicyclic) bond motifs is 1. The highest BCUT2D eigenvalue weighted by Crippen LogP contribution is 2.31. The Morgan fingerprint density at radius 2 is 2.00 bits per heavy atom. The van der Waals surface area contributed by atoms with Gasteiger partial charge in [-0.1, -0.05) is 0 Å². The largest absolute Gasteiger partial charge is 0.471 e. The first-order chi connectivity index (χ1) is 8.79. The molecule has 1 atom stereocenters. The number of amides is 1. The van der Waals surface area contributed by atoms with E-state index in [9.17, 15) is 27.2 Å². The van der Waals surface area contributed by atoms with Gasteiger partial charge in [0, 0.05) is 12.0 Å². The maximum atomic E-state index is 13.1. The second-order valence-electron chi connectivity index (χ2n) is 4.22. The topological polar surface area (TPSA) is 46.2 Å². The van der Waals surface area contributed by atoms with Crippen LogP contribution >= 0.6 is 0 Å². The Bertz CT molecular complexity index is 539. The van der Waals surface area contributed by atoms with E-state index in [1.54, 1.807) is 5.32 Å². The Morgan fingerprint density at radius 1 is 1.32 bits per heavy atom. The number of carbonyl (C=O) groups is 2. The highest BCUT2D eigenvalue weighted by atomic mass is 19.4. The van der Waals surface area contributed by atoms with E-state index in [0.29, 0.717) is 0 Å². The molecule has 102 valence electrons.